The van der Waals surface area contributed by atoms with E-state index in [1.54, 1.807) is 7.05 Å². The third-order valence-corrected chi connectivity index (χ3v) is 4.04. The summed E-state index contributed by atoms with van der Waals surface area (Å²) in [6.07, 6.45) is 3.07. The zero-order chi connectivity index (χ0) is 14.6. The Morgan fingerprint density at radius 1 is 1.60 bits per heavy atom. The van der Waals surface area contributed by atoms with Gasteiger partial charge >= 0.3 is 0 Å². The maximum absolute atomic E-state index is 11.7. The van der Waals surface area contributed by atoms with Gasteiger partial charge in [0.05, 0.1) is 6.61 Å². The van der Waals surface area contributed by atoms with Crippen molar-refractivity contribution in [2.45, 2.75) is 43.9 Å². The average Bonchev–Trinajstić information content (AvgIpc) is 2.47. The fourth-order valence-electron chi connectivity index (χ4n) is 2.81. The molecule has 0 saturated heterocycles. The van der Waals surface area contributed by atoms with Crippen LogP contribution in [0.2, 0.25) is 0 Å². The highest BCUT2D eigenvalue weighted by molar-refractivity contribution is 5.84. The van der Waals surface area contributed by atoms with Crippen LogP contribution in [0.25, 0.3) is 0 Å². The zero-order valence-electron chi connectivity index (χ0n) is 11.8. The molecule has 0 heterocycles. The Morgan fingerprint density at radius 3 is 3.05 bits per heavy atom. The lowest BCUT2D eigenvalue weighted by Gasteiger charge is -2.38. The van der Waals surface area contributed by atoms with E-state index in [1.807, 2.05) is 24.3 Å². The molecule has 1 aliphatic carbocycles. The molecule has 2 atom stereocenters. The van der Waals surface area contributed by atoms with E-state index >= 15 is 0 Å². The minimum Gasteiger partial charge on any atom is -0.490 e. The Balaban J connectivity index is 2.07. The van der Waals surface area contributed by atoms with E-state index in [0.717, 1.165) is 30.6 Å². The highest BCUT2D eigenvalue weighted by Gasteiger charge is 2.40. The number of carbonyl (C=O) groups is 1. The molecule has 0 aliphatic heterocycles. The van der Waals surface area contributed by atoms with Crippen LogP contribution in [0.3, 0.4) is 0 Å². The molecule has 110 valence electrons. The van der Waals surface area contributed by atoms with Crippen LogP contribution in [-0.2, 0) is 11.4 Å². The highest BCUT2D eigenvalue weighted by Crippen LogP contribution is 2.31. The van der Waals surface area contributed by atoms with Gasteiger partial charge in [0.1, 0.15) is 17.4 Å². The first kappa shape index (κ1) is 14.8. The van der Waals surface area contributed by atoms with E-state index in [0.29, 0.717) is 6.42 Å². The van der Waals surface area contributed by atoms with Crippen molar-refractivity contribution in [1.29, 1.82) is 0 Å². The molecule has 4 N–H and O–H groups in total. The van der Waals surface area contributed by atoms with Crippen molar-refractivity contribution < 1.29 is 14.6 Å². The van der Waals surface area contributed by atoms with Gasteiger partial charge in [0, 0.05) is 6.42 Å². The molecule has 0 bridgehead atoms. The molecule has 1 aromatic carbocycles. The van der Waals surface area contributed by atoms with E-state index in [-0.39, 0.29) is 18.6 Å². The molecule has 2 rings (SSSR count). The van der Waals surface area contributed by atoms with Crippen molar-refractivity contribution in [1.82, 2.24) is 5.32 Å². The van der Waals surface area contributed by atoms with Crippen LogP contribution in [0, 0.1) is 0 Å². The Morgan fingerprint density at radius 2 is 2.40 bits per heavy atom. The lowest BCUT2D eigenvalue weighted by molar-refractivity contribution is -0.126. The molecular weight excluding hydrogens is 256 g/mol. The van der Waals surface area contributed by atoms with Gasteiger partial charge in [0.25, 0.3) is 0 Å². The van der Waals surface area contributed by atoms with Crippen LogP contribution in [0.5, 0.6) is 5.75 Å². The molecule has 1 aliphatic rings. The molecule has 0 aromatic heterocycles. The average molecular weight is 278 g/mol. The summed E-state index contributed by atoms with van der Waals surface area (Å²) in [7, 11) is 1.76. The van der Waals surface area contributed by atoms with Crippen LogP contribution in [0.4, 0.5) is 0 Å². The summed E-state index contributed by atoms with van der Waals surface area (Å²) in [5.74, 6) is 0.398. The van der Waals surface area contributed by atoms with Crippen molar-refractivity contribution in [3.05, 3.63) is 29.8 Å². The molecule has 1 saturated carbocycles. The standard InChI is InChI=1S/C15H22N2O3/c1-17-15(14(16)19)7-3-6-13(9-15)20-12-5-2-4-11(8-12)10-18/h2,4-5,8,13,17-18H,3,6-7,9-10H2,1H3,(H2,16,19). The van der Waals surface area contributed by atoms with Gasteiger partial charge in [0.15, 0.2) is 0 Å². The number of benzene rings is 1. The summed E-state index contributed by atoms with van der Waals surface area (Å²) in [6.45, 7) is -0.0103. The molecule has 5 heteroatoms. The fraction of sp³-hybridized carbons (Fsp3) is 0.533. The number of nitrogens with two attached hydrogens (primary N) is 1. The summed E-state index contributed by atoms with van der Waals surface area (Å²) in [5.41, 5.74) is 5.67. The second kappa shape index (κ2) is 6.24. The Hall–Kier alpha value is -1.59. The van der Waals surface area contributed by atoms with Crippen LogP contribution in [0.15, 0.2) is 24.3 Å². The van der Waals surface area contributed by atoms with E-state index < -0.39 is 5.54 Å². The maximum atomic E-state index is 11.7. The summed E-state index contributed by atoms with van der Waals surface area (Å²) < 4.78 is 5.95. The van der Waals surface area contributed by atoms with Gasteiger partial charge in [-0.2, -0.15) is 0 Å². The van der Waals surface area contributed by atoms with Crippen molar-refractivity contribution in [2.24, 2.45) is 5.73 Å². The number of hydrogen-bond donors (Lipinski definition) is 3. The van der Waals surface area contributed by atoms with Gasteiger partial charge < -0.3 is 20.9 Å². The van der Waals surface area contributed by atoms with E-state index in [1.165, 1.54) is 0 Å². The lowest BCUT2D eigenvalue weighted by Crippen LogP contribution is -2.58. The van der Waals surface area contributed by atoms with Crippen LogP contribution < -0.4 is 15.8 Å². The van der Waals surface area contributed by atoms with Crippen LogP contribution >= 0.6 is 0 Å². The van der Waals surface area contributed by atoms with Gasteiger partial charge in [-0.15, -0.1) is 0 Å². The number of hydrogen-bond acceptors (Lipinski definition) is 4. The van der Waals surface area contributed by atoms with Crippen LogP contribution in [-0.4, -0.2) is 29.7 Å². The SMILES string of the molecule is CNC1(C(N)=O)CCCC(Oc2cccc(CO)c2)C1. The van der Waals surface area contributed by atoms with Gasteiger partial charge in [-0.05, 0) is 44.0 Å². The largest absolute Gasteiger partial charge is 0.490 e. The summed E-state index contributed by atoms with van der Waals surface area (Å²) in [5, 5.41) is 12.2. The molecule has 1 amide bonds. The molecule has 5 nitrogen and oxygen atoms in total. The minimum atomic E-state index is -0.669. The van der Waals surface area contributed by atoms with Crippen molar-refractivity contribution in [3.63, 3.8) is 0 Å². The number of amides is 1. The van der Waals surface area contributed by atoms with Crippen molar-refractivity contribution >= 4 is 5.91 Å². The Kier molecular flexibility index (Phi) is 4.62. The molecule has 0 radical (unpaired) electrons. The van der Waals surface area contributed by atoms with Gasteiger partial charge in [-0.1, -0.05) is 12.1 Å². The number of likely N-dealkylation sites (N-methyl/N-ethyl adjacent to an activating group) is 1. The van der Waals surface area contributed by atoms with E-state index in [4.69, 9.17) is 15.6 Å². The van der Waals surface area contributed by atoms with E-state index in [2.05, 4.69) is 5.32 Å². The quantitative estimate of drug-likeness (QED) is 0.748. The van der Waals surface area contributed by atoms with Gasteiger partial charge in [-0.3, -0.25) is 4.79 Å². The lowest BCUT2D eigenvalue weighted by atomic mass is 9.79. The first-order valence-electron chi connectivity index (χ1n) is 6.95. The predicted octanol–water partition coefficient (Wildman–Crippen LogP) is 0.944. The molecule has 0 spiro atoms. The molecule has 1 aromatic rings. The second-order valence-corrected chi connectivity index (χ2v) is 5.34. The van der Waals surface area contributed by atoms with Gasteiger partial charge in [0.2, 0.25) is 5.91 Å². The van der Waals surface area contributed by atoms with Gasteiger partial charge in [-0.25, -0.2) is 0 Å². The van der Waals surface area contributed by atoms with Crippen molar-refractivity contribution in [2.75, 3.05) is 7.05 Å². The number of aliphatic hydroxyl groups excluding tert-OH is 1. The molecule has 20 heavy (non-hydrogen) atoms. The zero-order valence-corrected chi connectivity index (χ0v) is 11.8. The summed E-state index contributed by atoms with van der Waals surface area (Å²) in [6, 6.07) is 7.37. The summed E-state index contributed by atoms with van der Waals surface area (Å²) >= 11 is 0. The number of rotatable bonds is 5. The summed E-state index contributed by atoms with van der Waals surface area (Å²) in [4.78, 5) is 11.7. The fourth-order valence-corrected chi connectivity index (χ4v) is 2.81. The number of carbonyl (C=O) groups excluding carboxylic acids is 1. The predicted molar refractivity (Wildman–Crippen MR) is 76.2 cm³/mol. The third-order valence-electron chi connectivity index (χ3n) is 4.04. The first-order chi connectivity index (χ1) is 9.59. The highest BCUT2D eigenvalue weighted by atomic mass is 16.5. The number of primary amides is 1. The maximum Gasteiger partial charge on any atom is 0.237 e. The smallest absolute Gasteiger partial charge is 0.237 e. The topological polar surface area (TPSA) is 84.6 Å². The third kappa shape index (κ3) is 3.11. The van der Waals surface area contributed by atoms with E-state index in [9.17, 15) is 4.79 Å². The first-order valence-corrected chi connectivity index (χ1v) is 6.95. The molecule has 2 unspecified atom stereocenters. The Bertz CT molecular complexity index is 478. The normalized spacial score (nSPS) is 26.2. The van der Waals surface area contributed by atoms with Crippen LogP contribution in [0.1, 0.15) is 31.2 Å². The Labute approximate surface area is 119 Å². The molecular formula is C15H22N2O3. The molecule has 1 fully saturated rings. The number of ether oxygens (including phenoxy) is 1. The second-order valence-electron chi connectivity index (χ2n) is 5.34. The monoisotopic (exact) mass is 278 g/mol. The minimum absolute atomic E-state index is 0.0103. The number of aliphatic hydroxyl groups is 1. The number of nitrogens with one attached hydrogen (secondary N) is 1. The van der Waals surface area contributed by atoms with Crippen molar-refractivity contribution in [3.8, 4) is 5.75 Å².